The van der Waals surface area contributed by atoms with Crippen molar-refractivity contribution in [3.63, 3.8) is 0 Å². The van der Waals surface area contributed by atoms with Gasteiger partial charge in [-0.15, -0.1) is 0 Å². The number of nitrogens with two attached hydrogens (primary N) is 1. The van der Waals surface area contributed by atoms with E-state index in [1.54, 1.807) is 13.0 Å². The first-order chi connectivity index (χ1) is 8.90. The van der Waals surface area contributed by atoms with Crippen molar-refractivity contribution in [2.75, 3.05) is 20.6 Å². The molecule has 0 bridgehead atoms. The second kappa shape index (κ2) is 6.78. The normalized spacial score (nSPS) is 12.8. The van der Waals surface area contributed by atoms with E-state index in [1.807, 2.05) is 25.9 Å². The summed E-state index contributed by atoms with van der Waals surface area (Å²) in [5, 5.41) is 0. The van der Waals surface area contributed by atoms with Crippen LogP contribution in [-0.4, -0.2) is 37.4 Å². The van der Waals surface area contributed by atoms with Gasteiger partial charge in [-0.2, -0.15) is 0 Å². The number of carbonyl (C=O) groups excluding carboxylic acids is 1. The maximum Gasteiger partial charge on any atom is 0.165 e. The summed E-state index contributed by atoms with van der Waals surface area (Å²) < 4.78 is 14.0. The topological polar surface area (TPSA) is 46.3 Å². The van der Waals surface area contributed by atoms with Crippen LogP contribution in [0.1, 0.15) is 34.8 Å². The Labute approximate surface area is 114 Å². The predicted octanol–water partition coefficient (Wildman–Crippen LogP) is 2.16. The van der Waals surface area contributed by atoms with Crippen LogP contribution in [0, 0.1) is 12.7 Å². The molecule has 0 aliphatic carbocycles. The minimum absolute atomic E-state index is 0.157. The molecular formula is C15H23FN2O. The highest BCUT2D eigenvalue weighted by Gasteiger charge is 2.16. The highest BCUT2D eigenvalue weighted by Crippen LogP contribution is 2.19. The first kappa shape index (κ1) is 15.8. The Morgan fingerprint density at radius 3 is 2.53 bits per heavy atom. The third-order valence-corrected chi connectivity index (χ3v) is 3.51. The van der Waals surface area contributed by atoms with Gasteiger partial charge in [-0.3, -0.25) is 4.79 Å². The number of likely N-dealkylation sites (N-methyl/N-ethyl adjacent to an activating group) is 1. The fraction of sp³-hybridized carbons (Fsp3) is 0.533. The van der Waals surface area contributed by atoms with E-state index >= 15 is 0 Å². The van der Waals surface area contributed by atoms with Gasteiger partial charge in [-0.05, 0) is 50.7 Å². The van der Waals surface area contributed by atoms with Gasteiger partial charge >= 0.3 is 0 Å². The lowest BCUT2D eigenvalue weighted by atomic mass is 9.96. The molecule has 106 valence electrons. The molecule has 0 spiro atoms. The average Bonchev–Trinajstić information content (AvgIpc) is 2.37. The first-order valence-electron chi connectivity index (χ1n) is 6.59. The molecule has 0 aliphatic rings. The molecule has 3 nitrogen and oxygen atoms in total. The van der Waals surface area contributed by atoms with Crippen LogP contribution in [-0.2, 0) is 6.42 Å². The highest BCUT2D eigenvalue weighted by atomic mass is 19.1. The molecule has 2 N–H and O–H groups in total. The van der Waals surface area contributed by atoms with Gasteiger partial charge < -0.3 is 10.6 Å². The van der Waals surface area contributed by atoms with E-state index in [9.17, 15) is 9.18 Å². The van der Waals surface area contributed by atoms with Gasteiger partial charge in [0.25, 0.3) is 0 Å². The van der Waals surface area contributed by atoms with Crippen LogP contribution in [0.15, 0.2) is 12.1 Å². The second-order valence-electron chi connectivity index (χ2n) is 5.09. The Kier molecular flexibility index (Phi) is 5.63. The number of ketones is 1. The minimum atomic E-state index is -0.429. The summed E-state index contributed by atoms with van der Waals surface area (Å²) in [6.45, 7) is 4.16. The lowest BCUT2D eigenvalue weighted by Gasteiger charge is -2.23. The van der Waals surface area contributed by atoms with Crippen molar-refractivity contribution in [3.8, 4) is 0 Å². The van der Waals surface area contributed by atoms with E-state index < -0.39 is 5.82 Å². The summed E-state index contributed by atoms with van der Waals surface area (Å²) in [5.74, 6) is -0.586. The van der Waals surface area contributed by atoms with E-state index in [1.165, 1.54) is 6.07 Å². The van der Waals surface area contributed by atoms with Gasteiger partial charge in [0.15, 0.2) is 5.78 Å². The maximum absolute atomic E-state index is 14.0. The van der Waals surface area contributed by atoms with E-state index in [4.69, 9.17) is 5.73 Å². The number of hydrogen-bond acceptors (Lipinski definition) is 3. The summed E-state index contributed by atoms with van der Waals surface area (Å²) in [4.78, 5) is 13.6. The molecule has 0 aromatic heterocycles. The second-order valence-corrected chi connectivity index (χ2v) is 5.09. The number of halogens is 1. The van der Waals surface area contributed by atoms with Crippen molar-refractivity contribution in [3.05, 3.63) is 34.6 Å². The molecule has 1 aromatic carbocycles. The number of nitrogens with zero attached hydrogens (tertiary/aromatic N) is 1. The molecule has 0 saturated heterocycles. The van der Waals surface area contributed by atoms with Gasteiger partial charge in [0.05, 0.1) is 5.56 Å². The molecule has 1 aromatic rings. The van der Waals surface area contributed by atoms with Gasteiger partial charge in [0.1, 0.15) is 5.82 Å². The zero-order valence-electron chi connectivity index (χ0n) is 12.2. The van der Waals surface area contributed by atoms with Crippen LogP contribution < -0.4 is 5.73 Å². The Balaban J connectivity index is 3.05. The van der Waals surface area contributed by atoms with Crippen molar-refractivity contribution in [2.45, 2.75) is 32.7 Å². The number of benzene rings is 1. The summed E-state index contributed by atoms with van der Waals surface area (Å²) >= 11 is 0. The summed E-state index contributed by atoms with van der Waals surface area (Å²) in [7, 11) is 3.91. The number of carbonyl (C=O) groups is 1. The Morgan fingerprint density at radius 2 is 2.05 bits per heavy atom. The van der Waals surface area contributed by atoms with E-state index in [0.29, 0.717) is 19.4 Å². The molecule has 0 radical (unpaired) electrons. The number of rotatable bonds is 6. The van der Waals surface area contributed by atoms with Gasteiger partial charge in [0, 0.05) is 19.0 Å². The van der Waals surface area contributed by atoms with Gasteiger partial charge in [0.2, 0.25) is 0 Å². The van der Waals surface area contributed by atoms with E-state index in [-0.39, 0.29) is 17.4 Å². The molecule has 1 atom stereocenters. The predicted molar refractivity (Wildman–Crippen MR) is 76.0 cm³/mol. The lowest BCUT2D eigenvalue weighted by molar-refractivity contribution is 0.0984. The van der Waals surface area contributed by atoms with Crippen molar-refractivity contribution in [2.24, 2.45) is 5.73 Å². The molecule has 0 heterocycles. The maximum atomic E-state index is 14.0. The highest BCUT2D eigenvalue weighted by molar-refractivity contribution is 5.96. The lowest BCUT2D eigenvalue weighted by Crippen LogP contribution is -2.37. The van der Waals surface area contributed by atoms with Crippen LogP contribution in [0.5, 0.6) is 0 Å². The summed E-state index contributed by atoms with van der Waals surface area (Å²) in [6.07, 6.45) is 1.01. The zero-order valence-corrected chi connectivity index (χ0v) is 12.2. The first-order valence-corrected chi connectivity index (χ1v) is 6.59. The van der Waals surface area contributed by atoms with Crippen LogP contribution >= 0.6 is 0 Å². The molecule has 4 heteroatoms. The van der Waals surface area contributed by atoms with Crippen molar-refractivity contribution >= 4 is 5.78 Å². The van der Waals surface area contributed by atoms with Gasteiger partial charge in [-0.25, -0.2) is 4.39 Å². The minimum Gasteiger partial charge on any atom is -0.329 e. The molecule has 0 unspecified atom stereocenters. The molecular weight excluding hydrogens is 243 g/mol. The fourth-order valence-electron chi connectivity index (χ4n) is 2.08. The number of aryl methyl sites for hydroxylation is 1. The fourth-order valence-corrected chi connectivity index (χ4v) is 2.08. The van der Waals surface area contributed by atoms with Crippen molar-refractivity contribution in [1.29, 1.82) is 0 Å². The third-order valence-electron chi connectivity index (χ3n) is 3.51. The SMILES string of the molecule is CCC(=O)c1cc(C)c(C[C@@H](CN)N(C)C)cc1F. The monoisotopic (exact) mass is 266 g/mol. The van der Waals surface area contributed by atoms with Crippen molar-refractivity contribution in [1.82, 2.24) is 4.90 Å². The van der Waals surface area contributed by atoms with E-state index in [0.717, 1.165) is 11.1 Å². The Hall–Kier alpha value is -1.26. The molecule has 1 rings (SSSR count). The number of Topliss-reactive ketones (excluding diaryl/α,β-unsaturated/α-hetero) is 1. The van der Waals surface area contributed by atoms with Crippen LogP contribution in [0.4, 0.5) is 4.39 Å². The third kappa shape index (κ3) is 3.85. The van der Waals surface area contributed by atoms with Crippen LogP contribution in [0.3, 0.4) is 0 Å². The molecule has 0 aliphatic heterocycles. The van der Waals surface area contributed by atoms with Gasteiger partial charge in [-0.1, -0.05) is 6.92 Å². The number of hydrogen-bond donors (Lipinski definition) is 1. The largest absolute Gasteiger partial charge is 0.329 e. The van der Waals surface area contributed by atoms with E-state index in [2.05, 4.69) is 0 Å². The average molecular weight is 266 g/mol. The summed E-state index contributed by atoms with van der Waals surface area (Å²) in [6, 6.07) is 3.30. The molecule has 0 saturated carbocycles. The standard InChI is InChI=1S/C15H23FN2O/c1-5-15(19)13-6-10(2)11(8-14(13)16)7-12(9-17)18(3)4/h6,8,12H,5,7,9,17H2,1-4H3/t12-/m0/s1. The Bertz CT molecular complexity index is 458. The molecule has 19 heavy (non-hydrogen) atoms. The van der Waals surface area contributed by atoms with Crippen molar-refractivity contribution < 1.29 is 9.18 Å². The zero-order chi connectivity index (χ0) is 14.6. The molecule has 0 amide bonds. The quantitative estimate of drug-likeness (QED) is 0.803. The van der Waals surface area contributed by atoms with Crippen LogP contribution in [0.25, 0.3) is 0 Å². The Morgan fingerprint density at radius 1 is 1.42 bits per heavy atom. The summed E-state index contributed by atoms with van der Waals surface area (Å²) in [5.41, 5.74) is 7.77. The molecule has 0 fully saturated rings. The smallest absolute Gasteiger partial charge is 0.165 e. The van der Waals surface area contributed by atoms with Crippen LogP contribution in [0.2, 0.25) is 0 Å².